The summed E-state index contributed by atoms with van der Waals surface area (Å²) in [5.74, 6) is 3.67. The number of nitrogens with zero attached hydrogens (tertiary/aromatic N) is 2. The van der Waals surface area contributed by atoms with Crippen LogP contribution < -0.4 is 20.1 Å². The van der Waals surface area contributed by atoms with Crippen molar-refractivity contribution in [1.29, 1.82) is 0 Å². The number of hydrogen-bond donors (Lipinski definition) is 2. The van der Waals surface area contributed by atoms with E-state index in [1.807, 2.05) is 31.2 Å². The minimum absolute atomic E-state index is 0.350. The highest BCUT2D eigenvalue weighted by Gasteiger charge is 2.09. The Hall–Kier alpha value is -2.50. The van der Waals surface area contributed by atoms with Crippen LogP contribution in [0.2, 0.25) is 0 Å². The number of aromatic nitrogens is 2. The molecule has 124 valence electrons. The molecule has 1 atom stereocenters. The van der Waals surface area contributed by atoms with Crippen LogP contribution in [0.4, 0.5) is 17.3 Å². The van der Waals surface area contributed by atoms with E-state index in [1.165, 1.54) is 0 Å². The molecule has 0 bridgehead atoms. The van der Waals surface area contributed by atoms with Crippen molar-refractivity contribution in [3.05, 3.63) is 30.1 Å². The fourth-order valence-corrected chi connectivity index (χ4v) is 2.11. The Kier molecular flexibility index (Phi) is 5.62. The minimum Gasteiger partial charge on any atom is -0.497 e. The second kappa shape index (κ2) is 7.67. The Balaban J connectivity index is 2.29. The van der Waals surface area contributed by atoms with E-state index in [9.17, 15) is 0 Å². The van der Waals surface area contributed by atoms with Crippen molar-refractivity contribution >= 4 is 17.3 Å². The summed E-state index contributed by atoms with van der Waals surface area (Å²) < 4.78 is 10.6. The Morgan fingerprint density at radius 2 is 1.83 bits per heavy atom. The topological polar surface area (TPSA) is 68.3 Å². The van der Waals surface area contributed by atoms with Crippen molar-refractivity contribution in [3.63, 3.8) is 0 Å². The van der Waals surface area contributed by atoms with Crippen molar-refractivity contribution in [2.75, 3.05) is 24.9 Å². The summed E-state index contributed by atoms with van der Waals surface area (Å²) in [7, 11) is 3.27. The first-order valence-electron chi connectivity index (χ1n) is 7.67. The summed E-state index contributed by atoms with van der Waals surface area (Å²) in [6, 6.07) is 7.82. The van der Waals surface area contributed by atoms with E-state index >= 15 is 0 Å². The lowest BCUT2D eigenvalue weighted by Crippen LogP contribution is -2.15. The van der Waals surface area contributed by atoms with Crippen molar-refractivity contribution in [2.24, 2.45) is 0 Å². The van der Waals surface area contributed by atoms with Crippen molar-refractivity contribution in [1.82, 2.24) is 9.97 Å². The predicted octanol–water partition coefficient (Wildman–Crippen LogP) is 3.76. The molecule has 6 heteroatoms. The Labute approximate surface area is 137 Å². The number of benzene rings is 1. The maximum Gasteiger partial charge on any atom is 0.142 e. The van der Waals surface area contributed by atoms with Gasteiger partial charge in [-0.05, 0) is 32.4 Å². The van der Waals surface area contributed by atoms with Gasteiger partial charge in [0.25, 0.3) is 0 Å². The highest BCUT2D eigenvalue weighted by Crippen LogP contribution is 2.31. The monoisotopic (exact) mass is 316 g/mol. The lowest BCUT2D eigenvalue weighted by molar-refractivity contribution is 0.405. The number of methoxy groups -OCH3 is 2. The molecular weight excluding hydrogens is 292 g/mol. The van der Waals surface area contributed by atoms with Gasteiger partial charge in [-0.1, -0.05) is 6.92 Å². The molecule has 1 unspecified atom stereocenters. The molecule has 0 fully saturated rings. The molecule has 0 saturated heterocycles. The number of anilines is 3. The van der Waals surface area contributed by atoms with E-state index in [1.54, 1.807) is 14.2 Å². The number of hydrogen-bond acceptors (Lipinski definition) is 6. The molecule has 0 aliphatic rings. The van der Waals surface area contributed by atoms with Crippen LogP contribution in [0.3, 0.4) is 0 Å². The molecule has 0 amide bonds. The predicted molar refractivity (Wildman–Crippen MR) is 93.0 cm³/mol. The number of ether oxygens (including phenoxy) is 2. The second-order valence-electron chi connectivity index (χ2n) is 5.33. The fraction of sp³-hybridized carbons (Fsp3) is 0.412. The van der Waals surface area contributed by atoms with Crippen molar-refractivity contribution < 1.29 is 9.47 Å². The van der Waals surface area contributed by atoms with Gasteiger partial charge in [0, 0.05) is 18.2 Å². The van der Waals surface area contributed by atoms with E-state index in [4.69, 9.17) is 9.47 Å². The van der Waals surface area contributed by atoms with Gasteiger partial charge in [0.1, 0.15) is 29.0 Å². The molecule has 6 nitrogen and oxygen atoms in total. The van der Waals surface area contributed by atoms with Gasteiger partial charge >= 0.3 is 0 Å². The van der Waals surface area contributed by atoms with Crippen LogP contribution >= 0.6 is 0 Å². The van der Waals surface area contributed by atoms with Crippen molar-refractivity contribution in [3.8, 4) is 11.5 Å². The van der Waals surface area contributed by atoms with E-state index in [-0.39, 0.29) is 0 Å². The zero-order valence-electron chi connectivity index (χ0n) is 14.3. The first-order chi connectivity index (χ1) is 11.0. The fourth-order valence-electron chi connectivity index (χ4n) is 2.11. The van der Waals surface area contributed by atoms with E-state index < -0.39 is 0 Å². The highest BCUT2D eigenvalue weighted by atomic mass is 16.5. The number of rotatable bonds is 7. The SMILES string of the molecule is CCC(C)Nc1cc(Nc2cc(OC)ccc2OC)nc(C)n1. The van der Waals surface area contributed by atoms with Gasteiger partial charge < -0.3 is 20.1 Å². The quantitative estimate of drug-likeness (QED) is 0.810. The summed E-state index contributed by atoms with van der Waals surface area (Å²) in [6.07, 6.45) is 1.02. The van der Waals surface area contributed by atoms with Crippen LogP contribution in [-0.2, 0) is 0 Å². The molecule has 1 aromatic carbocycles. The van der Waals surface area contributed by atoms with Crippen LogP contribution in [0, 0.1) is 6.92 Å². The normalized spacial score (nSPS) is 11.7. The van der Waals surface area contributed by atoms with Gasteiger partial charge in [0.2, 0.25) is 0 Å². The Morgan fingerprint density at radius 1 is 1.09 bits per heavy atom. The average molecular weight is 316 g/mol. The van der Waals surface area contributed by atoms with Crippen LogP contribution in [0.15, 0.2) is 24.3 Å². The third kappa shape index (κ3) is 4.48. The zero-order chi connectivity index (χ0) is 16.8. The lowest BCUT2D eigenvalue weighted by atomic mass is 10.2. The standard InChI is InChI=1S/C17H24N4O2/c1-6-11(2)18-16-10-17(20-12(3)19-16)21-14-9-13(22-4)7-8-15(14)23-5/h7-11H,6H2,1-5H3,(H2,18,19,20,21). The molecule has 23 heavy (non-hydrogen) atoms. The summed E-state index contributed by atoms with van der Waals surface area (Å²) >= 11 is 0. The van der Waals surface area contributed by atoms with Gasteiger partial charge in [-0.2, -0.15) is 0 Å². The van der Waals surface area contributed by atoms with Crippen LogP contribution in [0.25, 0.3) is 0 Å². The van der Waals surface area contributed by atoms with Crippen molar-refractivity contribution in [2.45, 2.75) is 33.2 Å². The van der Waals surface area contributed by atoms with Crippen LogP contribution in [0.1, 0.15) is 26.1 Å². The Morgan fingerprint density at radius 3 is 2.48 bits per heavy atom. The molecule has 2 aromatic rings. The minimum atomic E-state index is 0.350. The van der Waals surface area contributed by atoms with Crippen LogP contribution in [-0.4, -0.2) is 30.2 Å². The highest BCUT2D eigenvalue weighted by molar-refractivity contribution is 5.67. The molecule has 0 aliphatic carbocycles. The Bertz CT molecular complexity index is 661. The van der Waals surface area contributed by atoms with Gasteiger partial charge in [-0.15, -0.1) is 0 Å². The molecule has 0 radical (unpaired) electrons. The maximum absolute atomic E-state index is 5.38. The first-order valence-corrected chi connectivity index (χ1v) is 7.67. The van der Waals surface area contributed by atoms with E-state index in [0.717, 1.165) is 29.4 Å². The van der Waals surface area contributed by atoms with Crippen LogP contribution in [0.5, 0.6) is 11.5 Å². The molecule has 0 saturated carbocycles. The summed E-state index contributed by atoms with van der Waals surface area (Å²) in [4.78, 5) is 8.86. The third-order valence-corrected chi connectivity index (χ3v) is 3.51. The molecular formula is C17H24N4O2. The second-order valence-corrected chi connectivity index (χ2v) is 5.33. The number of aryl methyl sites for hydroxylation is 1. The average Bonchev–Trinajstić information content (AvgIpc) is 2.54. The van der Waals surface area contributed by atoms with Gasteiger partial charge in [0.05, 0.1) is 19.9 Å². The summed E-state index contributed by atoms with van der Waals surface area (Å²) in [6.45, 7) is 6.12. The summed E-state index contributed by atoms with van der Waals surface area (Å²) in [5, 5.41) is 6.64. The molecule has 0 aliphatic heterocycles. The van der Waals surface area contributed by atoms with E-state index in [2.05, 4.69) is 34.4 Å². The molecule has 0 spiro atoms. The smallest absolute Gasteiger partial charge is 0.142 e. The largest absolute Gasteiger partial charge is 0.497 e. The number of nitrogens with one attached hydrogen (secondary N) is 2. The van der Waals surface area contributed by atoms with Gasteiger partial charge in [0.15, 0.2) is 0 Å². The van der Waals surface area contributed by atoms with Gasteiger partial charge in [-0.25, -0.2) is 9.97 Å². The third-order valence-electron chi connectivity index (χ3n) is 3.51. The van der Waals surface area contributed by atoms with E-state index in [0.29, 0.717) is 17.7 Å². The van der Waals surface area contributed by atoms with Gasteiger partial charge in [-0.3, -0.25) is 0 Å². The first kappa shape index (κ1) is 16.9. The summed E-state index contributed by atoms with van der Waals surface area (Å²) in [5.41, 5.74) is 0.791. The zero-order valence-corrected chi connectivity index (χ0v) is 14.3. The molecule has 2 rings (SSSR count). The maximum atomic E-state index is 5.38. The molecule has 2 N–H and O–H groups in total. The molecule has 1 heterocycles. The molecule has 1 aromatic heterocycles. The lowest BCUT2D eigenvalue weighted by Gasteiger charge is -2.15.